The third kappa shape index (κ3) is 5.00. The lowest BCUT2D eigenvalue weighted by Crippen LogP contribution is -2.46. The fourth-order valence-corrected chi connectivity index (χ4v) is 3.77. The zero-order valence-corrected chi connectivity index (χ0v) is 13.7. The second-order valence-corrected chi connectivity index (χ2v) is 7.16. The summed E-state index contributed by atoms with van der Waals surface area (Å²) < 4.78 is 0. The topological polar surface area (TPSA) is 52.6 Å². The number of amides is 2. The van der Waals surface area contributed by atoms with E-state index in [0.29, 0.717) is 6.54 Å². The first-order chi connectivity index (χ1) is 10.1. The van der Waals surface area contributed by atoms with Crippen molar-refractivity contribution in [3.8, 4) is 0 Å². The van der Waals surface area contributed by atoms with E-state index in [9.17, 15) is 9.90 Å². The number of aliphatic hydroxyl groups excluding tert-OH is 1. The van der Waals surface area contributed by atoms with Gasteiger partial charge in [-0.1, -0.05) is 18.9 Å². The van der Waals surface area contributed by atoms with E-state index in [1.165, 1.54) is 4.88 Å². The third-order valence-electron chi connectivity index (χ3n) is 4.18. The monoisotopic (exact) mass is 310 g/mol. The second kappa shape index (κ2) is 7.80. The average Bonchev–Trinajstić information content (AvgIpc) is 2.93. The smallest absolute Gasteiger partial charge is 0.317 e. The highest BCUT2D eigenvalue weighted by Crippen LogP contribution is 2.24. The quantitative estimate of drug-likeness (QED) is 0.878. The first-order valence-electron chi connectivity index (χ1n) is 7.78. The molecule has 0 aromatic carbocycles. The summed E-state index contributed by atoms with van der Waals surface area (Å²) in [5.74, 6) is 0.224. The first kappa shape index (κ1) is 16.3. The lowest BCUT2D eigenvalue weighted by atomic mass is 9.86. The molecule has 0 spiro atoms. The molecule has 0 saturated heterocycles. The van der Waals surface area contributed by atoms with Gasteiger partial charge in [-0.25, -0.2) is 4.79 Å². The van der Waals surface area contributed by atoms with Crippen LogP contribution in [0.25, 0.3) is 0 Å². The highest BCUT2D eigenvalue weighted by molar-refractivity contribution is 7.09. The normalized spacial score (nSPS) is 23.6. The zero-order valence-electron chi connectivity index (χ0n) is 12.9. The summed E-state index contributed by atoms with van der Waals surface area (Å²) in [5.41, 5.74) is 0. The Bertz CT molecular complexity index is 435. The van der Waals surface area contributed by atoms with Crippen LogP contribution in [-0.4, -0.2) is 41.8 Å². The molecule has 1 heterocycles. The Kier molecular flexibility index (Phi) is 6.06. The van der Waals surface area contributed by atoms with Gasteiger partial charge in [0, 0.05) is 36.9 Å². The molecule has 0 aliphatic heterocycles. The number of rotatable bonds is 5. The fraction of sp³-hybridized carbons (Fsp3) is 0.688. The van der Waals surface area contributed by atoms with Gasteiger partial charge in [0.2, 0.25) is 0 Å². The number of nitrogens with one attached hydrogen (secondary N) is 1. The summed E-state index contributed by atoms with van der Waals surface area (Å²) in [6.07, 6.45) is 4.76. The van der Waals surface area contributed by atoms with Crippen LogP contribution in [0.2, 0.25) is 0 Å². The van der Waals surface area contributed by atoms with Gasteiger partial charge in [-0.15, -0.1) is 11.3 Å². The van der Waals surface area contributed by atoms with Crippen LogP contribution in [0.15, 0.2) is 17.5 Å². The molecular formula is C16H26N2O2S. The van der Waals surface area contributed by atoms with E-state index >= 15 is 0 Å². The minimum absolute atomic E-state index is 0.0446. The molecule has 1 aliphatic rings. The minimum Gasteiger partial charge on any atom is -0.393 e. The van der Waals surface area contributed by atoms with E-state index in [0.717, 1.165) is 32.1 Å². The molecule has 3 unspecified atom stereocenters. The van der Waals surface area contributed by atoms with Crippen molar-refractivity contribution >= 4 is 17.4 Å². The van der Waals surface area contributed by atoms with E-state index in [1.54, 1.807) is 16.2 Å². The van der Waals surface area contributed by atoms with Crippen LogP contribution in [0.1, 0.15) is 37.5 Å². The predicted molar refractivity (Wildman–Crippen MR) is 86.6 cm³/mol. The van der Waals surface area contributed by atoms with E-state index in [2.05, 4.69) is 16.8 Å². The molecule has 2 amide bonds. The average molecular weight is 310 g/mol. The molecule has 5 heteroatoms. The van der Waals surface area contributed by atoms with Crippen molar-refractivity contribution < 1.29 is 9.90 Å². The van der Waals surface area contributed by atoms with E-state index in [4.69, 9.17) is 0 Å². The standard InChI is InChI=1S/C16H26N2O2S/c1-12(10-14-7-5-9-21-14)17-16(20)18(2)11-13-6-3-4-8-15(13)19/h5,7,9,12-13,15,19H,3-4,6,8,10-11H2,1-2H3,(H,17,20). The minimum atomic E-state index is -0.252. The molecule has 0 radical (unpaired) electrons. The molecule has 0 bridgehead atoms. The van der Waals surface area contributed by atoms with Crippen LogP contribution in [0, 0.1) is 5.92 Å². The second-order valence-electron chi connectivity index (χ2n) is 6.13. The van der Waals surface area contributed by atoms with Crippen molar-refractivity contribution in [1.82, 2.24) is 10.2 Å². The molecular weight excluding hydrogens is 284 g/mol. The van der Waals surface area contributed by atoms with Crippen molar-refractivity contribution in [3.63, 3.8) is 0 Å². The highest BCUT2D eigenvalue weighted by Gasteiger charge is 2.25. The number of nitrogens with zero attached hydrogens (tertiary/aromatic N) is 1. The Balaban J connectivity index is 1.76. The lowest BCUT2D eigenvalue weighted by Gasteiger charge is -2.31. The van der Waals surface area contributed by atoms with Crippen molar-refractivity contribution in [2.24, 2.45) is 5.92 Å². The van der Waals surface area contributed by atoms with Gasteiger partial charge in [0.1, 0.15) is 0 Å². The maximum absolute atomic E-state index is 12.2. The summed E-state index contributed by atoms with van der Waals surface area (Å²) in [4.78, 5) is 15.2. The summed E-state index contributed by atoms with van der Waals surface area (Å²) in [6.45, 7) is 2.67. The van der Waals surface area contributed by atoms with Gasteiger partial charge in [0.25, 0.3) is 0 Å². The van der Waals surface area contributed by atoms with E-state index < -0.39 is 0 Å². The first-order valence-corrected chi connectivity index (χ1v) is 8.66. The summed E-state index contributed by atoms with van der Waals surface area (Å²) in [6, 6.07) is 4.20. The molecule has 3 atom stereocenters. The third-order valence-corrected chi connectivity index (χ3v) is 5.08. The molecule has 1 aromatic rings. The number of hydrogen-bond acceptors (Lipinski definition) is 3. The van der Waals surface area contributed by atoms with Crippen LogP contribution in [0.5, 0.6) is 0 Å². The van der Waals surface area contributed by atoms with E-state index in [1.807, 2.05) is 20.0 Å². The number of carbonyl (C=O) groups excluding carboxylic acids is 1. The molecule has 21 heavy (non-hydrogen) atoms. The highest BCUT2D eigenvalue weighted by atomic mass is 32.1. The van der Waals surface area contributed by atoms with Gasteiger partial charge in [-0.2, -0.15) is 0 Å². The molecule has 1 saturated carbocycles. The van der Waals surface area contributed by atoms with Gasteiger partial charge in [0.05, 0.1) is 6.10 Å². The molecule has 1 aromatic heterocycles. The van der Waals surface area contributed by atoms with Gasteiger partial charge >= 0.3 is 6.03 Å². The molecule has 118 valence electrons. The summed E-state index contributed by atoms with van der Waals surface area (Å²) >= 11 is 1.72. The van der Waals surface area contributed by atoms with Crippen LogP contribution in [0.3, 0.4) is 0 Å². The molecule has 2 rings (SSSR count). The molecule has 2 N–H and O–H groups in total. The Hall–Kier alpha value is -1.07. The molecule has 1 aliphatic carbocycles. The Morgan fingerprint density at radius 2 is 2.29 bits per heavy atom. The van der Waals surface area contributed by atoms with Crippen molar-refractivity contribution in [2.75, 3.05) is 13.6 Å². The van der Waals surface area contributed by atoms with Gasteiger partial charge in [0.15, 0.2) is 0 Å². The maximum atomic E-state index is 12.2. The van der Waals surface area contributed by atoms with E-state index in [-0.39, 0.29) is 24.1 Å². The van der Waals surface area contributed by atoms with Crippen LogP contribution >= 0.6 is 11.3 Å². The SMILES string of the molecule is CC(Cc1cccs1)NC(=O)N(C)CC1CCCCC1O. The van der Waals surface area contributed by atoms with Gasteiger partial charge in [-0.3, -0.25) is 0 Å². The largest absolute Gasteiger partial charge is 0.393 e. The van der Waals surface area contributed by atoms with Crippen molar-refractivity contribution in [2.45, 2.75) is 51.2 Å². The van der Waals surface area contributed by atoms with Crippen molar-refractivity contribution in [3.05, 3.63) is 22.4 Å². The number of urea groups is 1. The number of thiophene rings is 1. The molecule has 1 fully saturated rings. The van der Waals surface area contributed by atoms with Gasteiger partial charge < -0.3 is 15.3 Å². The maximum Gasteiger partial charge on any atom is 0.317 e. The summed E-state index contributed by atoms with van der Waals surface area (Å²) in [7, 11) is 1.81. The fourth-order valence-electron chi connectivity index (χ4n) is 2.94. The molecule has 4 nitrogen and oxygen atoms in total. The number of aliphatic hydroxyl groups is 1. The zero-order chi connectivity index (χ0) is 15.2. The van der Waals surface area contributed by atoms with Crippen LogP contribution in [-0.2, 0) is 6.42 Å². The van der Waals surface area contributed by atoms with Crippen LogP contribution < -0.4 is 5.32 Å². The number of carbonyl (C=O) groups is 1. The van der Waals surface area contributed by atoms with Gasteiger partial charge in [-0.05, 0) is 31.2 Å². The Morgan fingerprint density at radius 1 is 1.52 bits per heavy atom. The van der Waals surface area contributed by atoms with Crippen molar-refractivity contribution in [1.29, 1.82) is 0 Å². The predicted octanol–water partition coefficient (Wildman–Crippen LogP) is 2.87. The Morgan fingerprint density at radius 3 is 2.95 bits per heavy atom. The Labute approximate surface area is 131 Å². The summed E-state index contributed by atoms with van der Waals surface area (Å²) in [5, 5.41) is 15.1. The number of hydrogen-bond donors (Lipinski definition) is 2. The lowest BCUT2D eigenvalue weighted by molar-refractivity contribution is 0.0563. The van der Waals surface area contributed by atoms with Crippen LogP contribution in [0.4, 0.5) is 4.79 Å².